The molecule has 0 fully saturated rings. The summed E-state index contributed by atoms with van der Waals surface area (Å²) >= 11 is 1.94. The topological polar surface area (TPSA) is 29.3 Å². The van der Waals surface area contributed by atoms with Crippen molar-refractivity contribution in [3.05, 3.63) is 167 Å². The van der Waals surface area contributed by atoms with E-state index in [0.717, 1.165) is 21.8 Å². The predicted molar refractivity (Wildman–Crippen MR) is 196 cm³/mol. The molecule has 0 saturated carbocycles. The Labute approximate surface area is 276 Å². The minimum Gasteiger partial charge on any atom is -0.345 e. The monoisotopic (exact) mass is 621 g/mol. The molecule has 4 heteroatoms. The Morgan fingerprint density at radius 3 is 2.19 bits per heavy atom. The summed E-state index contributed by atoms with van der Waals surface area (Å²) in [5.74, 6) is 0. The predicted octanol–water partition coefficient (Wildman–Crippen LogP) is 9.52. The number of nitrogens with zero attached hydrogens (tertiary/aromatic N) is 2. The number of benzene rings is 6. The Bertz CT molecular complexity index is 2680. The number of thiophene rings is 1. The van der Waals surface area contributed by atoms with Crippen LogP contribution < -0.4 is 15.9 Å². The molecule has 0 bridgehead atoms. The number of fused-ring (bicyclic) bond motifs is 10. The molecule has 2 aromatic heterocycles. The molecule has 224 valence electrons. The van der Waals surface area contributed by atoms with Crippen molar-refractivity contribution in [3.63, 3.8) is 0 Å². The SMILES string of the molecule is CC1(C)c2ccccc2-c2sc3c(ccc4c5ccccc5n(C5N=c6ccc(-c7ccccc7)cc6=C(c6ccccc6)N5)c43)c21. The molecule has 0 amide bonds. The van der Waals surface area contributed by atoms with Crippen molar-refractivity contribution < 1.29 is 0 Å². The summed E-state index contributed by atoms with van der Waals surface area (Å²) in [7, 11) is 0. The van der Waals surface area contributed by atoms with Gasteiger partial charge in [0.05, 0.1) is 26.8 Å². The number of hydrogen-bond donors (Lipinski definition) is 1. The highest BCUT2D eigenvalue weighted by atomic mass is 32.1. The first-order valence-electron chi connectivity index (χ1n) is 16.3. The van der Waals surface area contributed by atoms with Crippen LogP contribution in [0, 0.1) is 0 Å². The van der Waals surface area contributed by atoms with Gasteiger partial charge in [0.2, 0.25) is 6.29 Å². The molecular formula is C43H31N3S. The Morgan fingerprint density at radius 1 is 0.660 bits per heavy atom. The Hall–Kier alpha value is -5.45. The zero-order chi connectivity index (χ0) is 31.3. The minimum atomic E-state index is -0.328. The molecule has 1 aliphatic heterocycles. The molecule has 10 rings (SSSR count). The van der Waals surface area contributed by atoms with Gasteiger partial charge in [0, 0.05) is 26.3 Å². The van der Waals surface area contributed by atoms with E-state index >= 15 is 0 Å². The average molecular weight is 622 g/mol. The molecule has 2 aliphatic rings. The van der Waals surface area contributed by atoms with E-state index < -0.39 is 0 Å². The lowest BCUT2D eigenvalue weighted by Gasteiger charge is -2.26. The molecule has 1 atom stereocenters. The summed E-state index contributed by atoms with van der Waals surface area (Å²) in [4.78, 5) is 6.87. The maximum absolute atomic E-state index is 5.47. The van der Waals surface area contributed by atoms with Crippen LogP contribution in [0.3, 0.4) is 0 Å². The van der Waals surface area contributed by atoms with Crippen LogP contribution in [0.15, 0.2) is 145 Å². The Kier molecular flexibility index (Phi) is 5.56. The molecule has 1 N–H and O–H groups in total. The molecule has 0 spiro atoms. The van der Waals surface area contributed by atoms with E-state index in [1.54, 1.807) is 0 Å². The second-order valence-electron chi connectivity index (χ2n) is 13.2. The minimum absolute atomic E-state index is 0.0637. The zero-order valence-corrected chi connectivity index (χ0v) is 27.0. The van der Waals surface area contributed by atoms with Crippen LogP contribution >= 0.6 is 11.3 Å². The number of para-hydroxylation sites is 1. The fourth-order valence-electron chi connectivity index (χ4n) is 8.06. The molecule has 1 unspecified atom stereocenters. The van der Waals surface area contributed by atoms with Crippen molar-refractivity contribution in [1.29, 1.82) is 0 Å². The first kappa shape index (κ1) is 26.7. The summed E-state index contributed by atoms with van der Waals surface area (Å²) in [6, 6.07) is 50.4. The van der Waals surface area contributed by atoms with Crippen LogP contribution in [0.4, 0.5) is 0 Å². The van der Waals surface area contributed by atoms with Crippen molar-refractivity contribution in [2.75, 3.05) is 0 Å². The standard InChI is InChI=1S/C43H31N3S/c1-43(2)34-19-11-9-18-31(34)40-37(43)32-23-22-30-29-17-10-12-20-36(29)46(39(30)41(32)47-40)42-44-35-24-21-28(26-13-5-3-6-14-26)25-33(35)38(45-42)27-15-7-4-8-16-27/h3-25,42,45H,1-2H3. The maximum Gasteiger partial charge on any atom is 0.201 e. The fourth-order valence-corrected chi connectivity index (χ4v) is 9.60. The summed E-state index contributed by atoms with van der Waals surface area (Å²) in [6.07, 6.45) is -0.328. The molecule has 3 heterocycles. The van der Waals surface area contributed by atoms with Crippen LogP contribution in [0.1, 0.15) is 36.8 Å². The van der Waals surface area contributed by atoms with E-state index in [1.807, 2.05) is 11.3 Å². The van der Waals surface area contributed by atoms with E-state index in [2.05, 4.69) is 163 Å². The van der Waals surface area contributed by atoms with Gasteiger partial charge in [-0.2, -0.15) is 0 Å². The van der Waals surface area contributed by atoms with Gasteiger partial charge in [-0.15, -0.1) is 11.3 Å². The van der Waals surface area contributed by atoms with Crippen molar-refractivity contribution in [1.82, 2.24) is 9.88 Å². The molecule has 47 heavy (non-hydrogen) atoms. The van der Waals surface area contributed by atoms with Crippen molar-refractivity contribution >= 4 is 48.9 Å². The van der Waals surface area contributed by atoms with Gasteiger partial charge < -0.3 is 5.32 Å². The molecule has 6 aromatic carbocycles. The first-order valence-corrected chi connectivity index (χ1v) is 17.1. The second-order valence-corrected chi connectivity index (χ2v) is 14.2. The maximum atomic E-state index is 5.47. The third-order valence-corrected chi connectivity index (χ3v) is 11.5. The lowest BCUT2D eigenvalue weighted by molar-refractivity contribution is 0.490. The smallest absolute Gasteiger partial charge is 0.201 e. The third kappa shape index (κ3) is 3.76. The zero-order valence-electron chi connectivity index (χ0n) is 26.2. The lowest BCUT2D eigenvalue weighted by atomic mass is 9.81. The van der Waals surface area contributed by atoms with Gasteiger partial charge in [0.1, 0.15) is 0 Å². The van der Waals surface area contributed by atoms with Gasteiger partial charge in [-0.25, -0.2) is 4.99 Å². The highest BCUT2D eigenvalue weighted by Crippen LogP contribution is 2.56. The van der Waals surface area contributed by atoms with E-state index in [4.69, 9.17) is 4.99 Å². The molecular weight excluding hydrogens is 591 g/mol. The van der Waals surface area contributed by atoms with Gasteiger partial charge in [0.25, 0.3) is 0 Å². The van der Waals surface area contributed by atoms with E-state index in [0.29, 0.717) is 0 Å². The normalized spacial score (nSPS) is 16.1. The van der Waals surface area contributed by atoms with E-state index in [9.17, 15) is 0 Å². The van der Waals surface area contributed by atoms with Crippen LogP contribution in [0.25, 0.3) is 59.2 Å². The highest BCUT2D eigenvalue weighted by molar-refractivity contribution is 7.23. The fraction of sp³-hybridized carbons (Fsp3) is 0.0930. The summed E-state index contributed by atoms with van der Waals surface area (Å²) in [6.45, 7) is 4.76. The van der Waals surface area contributed by atoms with Gasteiger partial charge >= 0.3 is 0 Å². The molecule has 8 aromatic rings. The molecule has 1 aliphatic carbocycles. The molecule has 0 radical (unpaired) electrons. The Balaban J connectivity index is 1.26. The average Bonchev–Trinajstić information content (AvgIpc) is 3.75. The van der Waals surface area contributed by atoms with Gasteiger partial charge in [-0.05, 0) is 57.0 Å². The number of hydrogen-bond acceptors (Lipinski definition) is 3. The Morgan fingerprint density at radius 2 is 1.36 bits per heavy atom. The second kappa shape index (κ2) is 9.78. The van der Waals surface area contributed by atoms with Crippen LogP contribution in [0.5, 0.6) is 0 Å². The first-order chi connectivity index (χ1) is 23.1. The lowest BCUT2D eigenvalue weighted by Crippen LogP contribution is -2.41. The summed E-state index contributed by atoms with van der Waals surface area (Å²) in [5, 5.41) is 9.93. The quantitative estimate of drug-likeness (QED) is 0.209. The van der Waals surface area contributed by atoms with Crippen LogP contribution in [0.2, 0.25) is 0 Å². The molecule has 3 nitrogen and oxygen atoms in total. The van der Waals surface area contributed by atoms with Crippen molar-refractivity contribution in [3.8, 4) is 21.6 Å². The van der Waals surface area contributed by atoms with Gasteiger partial charge in [-0.3, -0.25) is 4.57 Å². The van der Waals surface area contributed by atoms with E-state index in [-0.39, 0.29) is 11.7 Å². The summed E-state index contributed by atoms with van der Waals surface area (Å²) in [5.41, 5.74) is 11.2. The van der Waals surface area contributed by atoms with Gasteiger partial charge in [-0.1, -0.05) is 135 Å². The number of rotatable bonds is 3. The van der Waals surface area contributed by atoms with E-state index in [1.165, 1.54) is 64.6 Å². The largest absolute Gasteiger partial charge is 0.345 e. The van der Waals surface area contributed by atoms with Crippen LogP contribution in [-0.2, 0) is 5.41 Å². The number of nitrogens with one attached hydrogen (secondary N) is 1. The van der Waals surface area contributed by atoms with Crippen LogP contribution in [-0.4, -0.2) is 4.57 Å². The van der Waals surface area contributed by atoms with Gasteiger partial charge in [0.15, 0.2) is 0 Å². The summed E-state index contributed by atoms with van der Waals surface area (Å²) < 4.78 is 3.78. The molecule has 0 saturated heterocycles. The highest BCUT2D eigenvalue weighted by Gasteiger charge is 2.39. The third-order valence-electron chi connectivity index (χ3n) is 10.2. The van der Waals surface area contributed by atoms with Crippen molar-refractivity contribution in [2.45, 2.75) is 25.6 Å². The van der Waals surface area contributed by atoms with Crippen molar-refractivity contribution in [2.24, 2.45) is 4.99 Å². The number of aromatic nitrogens is 1.